The number of nitrogens with one attached hydrogen (secondary N) is 1. The number of rotatable bonds is 4. The summed E-state index contributed by atoms with van der Waals surface area (Å²) in [5.74, 6) is 0. The maximum absolute atomic E-state index is 4.08. The van der Waals surface area contributed by atoms with Crippen molar-refractivity contribution in [2.24, 2.45) is 0 Å². The van der Waals surface area contributed by atoms with Crippen LogP contribution in [-0.4, -0.2) is 34.6 Å². The third-order valence-electron chi connectivity index (χ3n) is 4.33. The Morgan fingerprint density at radius 1 is 1.33 bits per heavy atom. The summed E-state index contributed by atoms with van der Waals surface area (Å²) in [5, 5.41) is 3.77. The summed E-state index contributed by atoms with van der Waals surface area (Å²) in [7, 11) is 0. The Hall–Kier alpha value is -0.930. The van der Waals surface area contributed by atoms with Crippen molar-refractivity contribution in [1.82, 2.24) is 15.2 Å². The first-order valence-electron chi connectivity index (χ1n) is 7.16. The molecule has 1 saturated carbocycles. The Kier molecular flexibility index (Phi) is 3.35. The lowest BCUT2D eigenvalue weighted by Gasteiger charge is -2.21. The van der Waals surface area contributed by atoms with Crippen molar-refractivity contribution in [3.63, 3.8) is 0 Å². The van der Waals surface area contributed by atoms with Gasteiger partial charge in [0.25, 0.3) is 0 Å². The lowest BCUT2D eigenvalue weighted by atomic mass is 10.1. The zero-order chi connectivity index (χ0) is 12.5. The van der Waals surface area contributed by atoms with E-state index in [0.29, 0.717) is 12.1 Å². The highest BCUT2D eigenvalue weighted by Gasteiger charge is 2.38. The largest absolute Gasteiger partial charge is 0.306 e. The van der Waals surface area contributed by atoms with Crippen LogP contribution in [-0.2, 0) is 0 Å². The molecule has 0 amide bonds. The first kappa shape index (κ1) is 12.1. The predicted molar refractivity (Wildman–Crippen MR) is 73.4 cm³/mol. The predicted octanol–water partition coefficient (Wildman–Crippen LogP) is 2.36. The van der Waals surface area contributed by atoms with Crippen molar-refractivity contribution in [3.8, 4) is 0 Å². The topological polar surface area (TPSA) is 28.2 Å². The van der Waals surface area contributed by atoms with Crippen LogP contribution in [0.3, 0.4) is 0 Å². The molecule has 0 spiro atoms. The Balaban J connectivity index is 1.57. The molecular formula is C15H23N3. The first-order chi connectivity index (χ1) is 8.74. The molecule has 2 fully saturated rings. The molecule has 3 heteroatoms. The van der Waals surface area contributed by atoms with Crippen molar-refractivity contribution in [2.45, 2.75) is 57.3 Å². The van der Waals surface area contributed by atoms with E-state index >= 15 is 0 Å². The highest BCUT2D eigenvalue weighted by atomic mass is 15.3. The molecule has 2 heterocycles. The van der Waals surface area contributed by atoms with Gasteiger partial charge < -0.3 is 5.32 Å². The van der Waals surface area contributed by atoms with E-state index in [1.54, 1.807) is 0 Å². The fraction of sp³-hybridized carbons (Fsp3) is 0.667. The fourth-order valence-corrected chi connectivity index (χ4v) is 3.19. The Bertz CT molecular complexity index is 388. The Labute approximate surface area is 110 Å². The SMILES string of the molecule is CC(NC1CC(C)N(C2CC2)C1)c1ccncc1. The van der Waals surface area contributed by atoms with Gasteiger partial charge in [0.05, 0.1) is 0 Å². The van der Waals surface area contributed by atoms with E-state index in [4.69, 9.17) is 0 Å². The second-order valence-corrected chi connectivity index (χ2v) is 5.88. The molecular weight excluding hydrogens is 222 g/mol. The van der Waals surface area contributed by atoms with E-state index < -0.39 is 0 Å². The smallest absolute Gasteiger partial charge is 0.0296 e. The zero-order valence-electron chi connectivity index (χ0n) is 11.3. The van der Waals surface area contributed by atoms with Gasteiger partial charge in [-0.3, -0.25) is 9.88 Å². The summed E-state index contributed by atoms with van der Waals surface area (Å²) in [5.41, 5.74) is 1.34. The van der Waals surface area contributed by atoms with Crippen molar-refractivity contribution in [3.05, 3.63) is 30.1 Å². The summed E-state index contributed by atoms with van der Waals surface area (Å²) < 4.78 is 0. The van der Waals surface area contributed by atoms with Crippen LogP contribution in [0, 0.1) is 0 Å². The first-order valence-corrected chi connectivity index (χ1v) is 7.16. The van der Waals surface area contributed by atoms with Gasteiger partial charge in [-0.1, -0.05) is 0 Å². The number of aromatic nitrogens is 1. The molecule has 1 saturated heterocycles. The molecule has 0 aromatic carbocycles. The minimum absolute atomic E-state index is 0.421. The molecule has 1 aromatic rings. The highest BCUT2D eigenvalue weighted by molar-refractivity contribution is 5.14. The maximum Gasteiger partial charge on any atom is 0.0296 e. The van der Waals surface area contributed by atoms with E-state index in [1.807, 2.05) is 12.4 Å². The highest BCUT2D eigenvalue weighted by Crippen LogP contribution is 2.33. The maximum atomic E-state index is 4.08. The summed E-state index contributed by atoms with van der Waals surface area (Å²) >= 11 is 0. The van der Waals surface area contributed by atoms with E-state index in [1.165, 1.54) is 31.4 Å². The molecule has 3 atom stereocenters. The average Bonchev–Trinajstić information content (AvgIpc) is 3.15. The molecule has 1 aliphatic heterocycles. The van der Waals surface area contributed by atoms with E-state index in [0.717, 1.165) is 12.1 Å². The number of hydrogen-bond acceptors (Lipinski definition) is 3. The molecule has 1 aliphatic carbocycles. The number of nitrogens with zero attached hydrogens (tertiary/aromatic N) is 2. The standard InChI is InChI=1S/C15H23N3/c1-11-9-14(10-18(11)15-3-4-15)17-12(2)13-5-7-16-8-6-13/h5-8,11-12,14-15,17H,3-4,9-10H2,1-2H3. The molecule has 1 N–H and O–H groups in total. The summed E-state index contributed by atoms with van der Waals surface area (Å²) in [6, 6.07) is 6.92. The molecule has 98 valence electrons. The molecule has 3 rings (SSSR count). The molecule has 0 radical (unpaired) electrons. The van der Waals surface area contributed by atoms with E-state index in [2.05, 4.69) is 41.2 Å². The van der Waals surface area contributed by atoms with Gasteiger partial charge >= 0.3 is 0 Å². The normalized spacial score (nSPS) is 30.6. The van der Waals surface area contributed by atoms with Gasteiger partial charge in [0.2, 0.25) is 0 Å². The molecule has 1 aromatic heterocycles. The van der Waals surface area contributed by atoms with Crippen LogP contribution in [0.25, 0.3) is 0 Å². The second kappa shape index (κ2) is 4.98. The van der Waals surface area contributed by atoms with Gasteiger partial charge in [-0.2, -0.15) is 0 Å². The minimum Gasteiger partial charge on any atom is -0.306 e. The van der Waals surface area contributed by atoms with Crippen molar-refractivity contribution in [1.29, 1.82) is 0 Å². The van der Waals surface area contributed by atoms with Crippen LogP contribution < -0.4 is 5.32 Å². The molecule has 3 nitrogen and oxygen atoms in total. The van der Waals surface area contributed by atoms with Crippen LogP contribution in [0.15, 0.2) is 24.5 Å². The number of likely N-dealkylation sites (tertiary alicyclic amines) is 1. The van der Waals surface area contributed by atoms with Crippen molar-refractivity contribution in [2.75, 3.05) is 6.54 Å². The van der Waals surface area contributed by atoms with Gasteiger partial charge in [0.15, 0.2) is 0 Å². The lowest BCUT2D eigenvalue weighted by Crippen LogP contribution is -2.35. The zero-order valence-corrected chi connectivity index (χ0v) is 11.3. The quantitative estimate of drug-likeness (QED) is 0.882. The molecule has 2 aliphatic rings. The van der Waals surface area contributed by atoms with Crippen LogP contribution in [0.4, 0.5) is 0 Å². The summed E-state index contributed by atoms with van der Waals surface area (Å²) in [6.45, 7) is 5.85. The average molecular weight is 245 g/mol. The Morgan fingerprint density at radius 3 is 2.72 bits per heavy atom. The van der Waals surface area contributed by atoms with Gasteiger partial charge in [-0.25, -0.2) is 0 Å². The van der Waals surface area contributed by atoms with Crippen LogP contribution in [0.1, 0.15) is 44.7 Å². The van der Waals surface area contributed by atoms with Crippen molar-refractivity contribution < 1.29 is 0 Å². The van der Waals surface area contributed by atoms with Crippen molar-refractivity contribution >= 4 is 0 Å². The summed E-state index contributed by atoms with van der Waals surface area (Å²) in [6.07, 6.45) is 7.86. The number of hydrogen-bond donors (Lipinski definition) is 1. The van der Waals surface area contributed by atoms with Gasteiger partial charge in [-0.05, 0) is 50.8 Å². The molecule has 18 heavy (non-hydrogen) atoms. The minimum atomic E-state index is 0.421. The number of pyridine rings is 1. The van der Waals surface area contributed by atoms with Crippen LogP contribution >= 0.6 is 0 Å². The third-order valence-corrected chi connectivity index (χ3v) is 4.33. The monoisotopic (exact) mass is 245 g/mol. The van der Waals surface area contributed by atoms with Gasteiger partial charge in [0, 0.05) is 43.1 Å². The molecule has 0 bridgehead atoms. The summed E-state index contributed by atoms with van der Waals surface area (Å²) in [4.78, 5) is 6.77. The Morgan fingerprint density at radius 2 is 2.06 bits per heavy atom. The van der Waals surface area contributed by atoms with Gasteiger partial charge in [-0.15, -0.1) is 0 Å². The van der Waals surface area contributed by atoms with E-state index in [-0.39, 0.29) is 0 Å². The lowest BCUT2D eigenvalue weighted by molar-refractivity contribution is 0.254. The van der Waals surface area contributed by atoms with Crippen LogP contribution in [0.2, 0.25) is 0 Å². The molecule has 3 unspecified atom stereocenters. The second-order valence-electron chi connectivity index (χ2n) is 5.88. The van der Waals surface area contributed by atoms with E-state index in [9.17, 15) is 0 Å². The fourth-order valence-electron chi connectivity index (χ4n) is 3.19. The third kappa shape index (κ3) is 2.57. The van der Waals surface area contributed by atoms with Gasteiger partial charge in [0.1, 0.15) is 0 Å². The van der Waals surface area contributed by atoms with Crippen LogP contribution in [0.5, 0.6) is 0 Å².